The molecule has 0 saturated heterocycles. The standard InChI is InChI=1S/C14H23ClN2O2S/c1-13(2,3)9-14(4,5)17-20(18,19)10-6-7-12(16)11(15)8-10/h6-8,17H,9,16H2,1-5H3. The molecule has 0 amide bonds. The number of anilines is 1. The molecule has 0 unspecified atom stereocenters. The van der Waals surface area contributed by atoms with E-state index >= 15 is 0 Å². The number of benzene rings is 1. The third kappa shape index (κ3) is 4.96. The zero-order chi connectivity index (χ0) is 15.8. The molecule has 1 aromatic carbocycles. The van der Waals surface area contributed by atoms with E-state index in [0.717, 1.165) is 0 Å². The van der Waals surface area contributed by atoms with Gasteiger partial charge >= 0.3 is 0 Å². The van der Waals surface area contributed by atoms with Crippen molar-refractivity contribution in [2.24, 2.45) is 5.41 Å². The second-order valence-corrected chi connectivity index (χ2v) is 9.00. The monoisotopic (exact) mass is 318 g/mol. The maximum atomic E-state index is 12.4. The largest absolute Gasteiger partial charge is 0.398 e. The molecule has 0 atom stereocenters. The molecule has 0 aliphatic heterocycles. The van der Waals surface area contributed by atoms with Gasteiger partial charge < -0.3 is 5.73 Å². The Bertz CT molecular complexity index is 590. The van der Waals surface area contributed by atoms with Gasteiger partial charge in [0.1, 0.15) is 0 Å². The Labute approximate surface area is 126 Å². The van der Waals surface area contributed by atoms with Crippen LogP contribution in [0.5, 0.6) is 0 Å². The van der Waals surface area contributed by atoms with Crippen LogP contribution in [-0.4, -0.2) is 14.0 Å². The molecule has 0 aliphatic carbocycles. The third-order valence-electron chi connectivity index (χ3n) is 2.67. The highest BCUT2D eigenvalue weighted by atomic mass is 35.5. The minimum absolute atomic E-state index is 0.0186. The van der Waals surface area contributed by atoms with Gasteiger partial charge in [-0.1, -0.05) is 32.4 Å². The van der Waals surface area contributed by atoms with Crippen LogP contribution in [0, 0.1) is 5.41 Å². The van der Waals surface area contributed by atoms with Crippen LogP contribution in [0.3, 0.4) is 0 Å². The van der Waals surface area contributed by atoms with Crippen LogP contribution in [-0.2, 0) is 10.0 Å². The number of hydrogen-bond donors (Lipinski definition) is 2. The summed E-state index contributed by atoms with van der Waals surface area (Å²) < 4.78 is 27.5. The van der Waals surface area contributed by atoms with Crippen LogP contribution in [0.4, 0.5) is 5.69 Å². The predicted molar refractivity (Wildman–Crippen MR) is 84.3 cm³/mol. The summed E-state index contributed by atoms with van der Waals surface area (Å²) in [5, 5.41) is 0.238. The molecule has 0 heterocycles. The minimum atomic E-state index is -3.62. The summed E-state index contributed by atoms with van der Waals surface area (Å²) in [6.45, 7) is 9.96. The second kappa shape index (κ2) is 5.54. The molecule has 0 radical (unpaired) electrons. The van der Waals surface area contributed by atoms with Crippen LogP contribution in [0.1, 0.15) is 41.0 Å². The molecule has 114 valence electrons. The van der Waals surface area contributed by atoms with Gasteiger partial charge in [0.05, 0.1) is 15.6 Å². The van der Waals surface area contributed by atoms with Crippen LogP contribution in [0.2, 0.25) is 5.02 Å². The highest BCUT2D eigenvalue weighted by molar-refractivity contribution is 7.89. The zero-order valence-electron chi connectivity index (χ0n) is 12.6. The number of nitrogens with two attached hydrogens (primary N) is 1. The van der Waals surface area contributed by atoms with E-state index in [1.807, 2.05) is 13.8 Å². The molecule has 0 fully saturated rings. The van der Waals surface area contributed by atoms with Crippen LogP contribution < -0.4 is 10.5 Å². The third-order valence-corrected chi connectivity index (χ3v) is 4.69. The summed E-state index contributed by atoms with van der Waals surface area (Å²) in [7, 11) is -3.62. The van der Waals surface area contributed by atoms with Crippen molar-refractivity contribution in [2.45, 2.75) is 51.5 Å². The first-order valence-corrected chi connectivity index (χ1v) is 8.28. The predicted octanol–water partition coefficient (Wildman–Crippen LogP) is 3.42. The van der Waals surface area contributed by atoms with E-state index < -0.39 is 15.6 Å². The van der Waals surface area contributed by atoms with Crippen molar-refractivity contribution in [3.05, 3.63) is 23.2 Å². The summed E-state index contributed by atoms with van der Waals surface area (Å²) in [6, 6.07) is 4.32. The van der Waals surface area contributed by atoms with Crippen molar-refractivity contribution >= 4 is 27.3 Å². The highest BCUT2D eigenvalue weighted by Gasteiger charge is 2.30. The molecule has 0 spiro atoms. The number of nitrogens with one attached hydrogen (secondary N) is 1. The molecule has 0 bridgehead atoms. The Morgan fingerprint density at radius 2 is 1.75 bits per heavy atom. The Morgan fingerprint density at radius 3 is 2.20 bits per heavy atom. The molecule has 6 heteroatoms. The SMILES string of the molecule is CC(C)(C)CC(C)(C)NS(=O)(=O)c1ccc(N)c(Cl)c1. The van der Waals surface area contributed by atoms with Gasteiger partial charge in [-0.15, -0.1) is 0 Å². The number of hydrogen-bond acceptors (Lipinski definition) is 3. The Balaban J connectivity index is 3.03. The van der Waals surface area contributed by atoms with Crippen molar-refractivity contribution in [3.8, 4) is 0 Å². The lowest BCUT2D eigenvalue weighted by Crippen LogP contribution is -2.45. The molecule has 1 aromatic rings. The normalized spacial score (nSPS) is 13.5. The lowest BCUT2D eigenvalue weighted by atomic mass is 9.82. The number of sulfonamides is 1. The summed E-state index contributed by atoms with van der Waals surface area (Å²) >= 11 is 5.88. The van der Waals surface area contributed by atoms with Gasteiger partial charge in [0.25, 0.3) is 0 Å². The van der Waals surface area contributed by atoms with E-state index in [9.17, 15) is 8.42 Å². The molecule has 0 saturated carbocycles. The van der Waals surface area contributed by atoms with E-state index in [0.29, 0.717) is 12.1 Å². The van der Waals surface area contributed by atoms with E-state index in [4.69, 9.17) is 17.3 Å². The fraction of sp³-hybridized carbons (Fsp3) is 0.571. The van der Waals surface area contributed by atoms with E-state index in [1.54, 1.807) is 0 Å². The van der Waals surface area contributed by atoms with E-state index in [2.05, 4.69) is 25.5 Å². The molecule has 4 nitrogen and oxygen atoms in total. The average Bonchev–Trinajstić information content (AvgIpc) is 2.16. The maximum Gasteiger partial charge on any atom is 0.241 e. The Morgan fingerprint density at radius 1 is 1.20 bits per heavy atom. The Hall–Kier alpha value is -0.780. The minimum Gasteiger partial charge on any atom is -0.398 e. The smallest absolute Gasteiger partial charge is 0.241 e. The fourth-order valence-corrected chi connectivity index (χ4v) is 4.14. The van der Waals surface area contributed by atoms with Gasteiger partial charge in [0, 0.05) is 5.54 Å². The van der Waals surface area contributed by atoms with Gasteiger partial charge in [0.2, 0.25) is 10.0 Å². The van der Waals surface area contributed by atoms with Gasteiger partial charge in [-0.25, -0.2) is 13.1 Å². The van der Waals surface area contributed by atoms with Crippen LogP contribution in [0.25, 0.3) is 0 Å². The summed E-state index contributed by atoms with van der Waals surface area (Å²) in [5.41, 5.74) is 5.42. The molecular weight excluding hydrogens is 296 g/mol. The van der Waals surface area contributed by atoms with Crippen molar-refractivity contribution in [3.63, 3.8) is 0 Å². The molecule has 3 N–H and O–H groups in total. The highest BCUT2D eigenvalue weighted by Crippen LogP contribution is 2.29. The summed E-state index contributed by atoms with van der Waals surface area (Å²) in [6.07, 6.45) is 0.710. The topological polar surface area (TPSA) is 72.2 Å². The van der Waals surface area contributed by atoms with Crippen molar-refractivity contribution in [1.82, 2.24) is 4.72 Å². The van der Waals surface area contributed by atoms with E-state index in [-0.39, 0.29) is 15.3 Å². The number of rotatable bonds is 4. The molecule has 1 rings (SSSR count). The first-order valence-electron chi connectivity index (χ1n) is 6.41. The van der Waals surface area contributed by atoms with Crippen molar-refractivity contribution in [2.75, 3.05) is 5.73 Å². The molecule has 0 aromatic heterocycles. The van der Waals surface area contributed by atoms with Crippen molar-refractivity contribution < 1.29 is 8.42 Å². The number of halogens is 1. The van der Waals surface area contributed by atoms with Crippen LogP contribution in [0.15, 0.2) is 23.1 Å². The molecule has 20 heavy (non-hydrogen) atoms. The molecule has 0 aliphatic rings. The Kier molecular flexibility index (Phi) is 4.79. The summed E-state index contributed by atoms with van der Waals surface area (Å²) in [5.74, 6) is 0. The maximum absolute atomic E-state index is 12.4. The van der Waals surface area contributed by atoms with Crippen molar-refractivity contribution in [1.29, 1.82) is 0 Å². The first-order chi connectivity index (χ1) is 8.82. The number of nitrogen functional groups attached to an aromatic ring is 1. The zero-order valence-corrected chi connectivity index (χ0v) is 14.2. The second-order valence-electron chi connectivity index (χ2n) is 6.91. The first kappa shape index (κ1) is 17.3. The van der Waals surface area contributed by atoms with Crippen LogP contribution >= 0.6 is 11.6 Å². The van der Waals surface area contributed by atoms with Gasteiger partial charge in [-0.3, -0.25) is 0 Å². The molecular formula is C14H23ClN2O2S. The lowest BCUT2D eigenvalue weighted by Gasteiger charge is -2.33. The van der Waals surface area contributed by atoms with Gasteiger partial charge in [-0.2, -0.15) is 0 Å². The summed E-state index contributed by atoms with van der Waals surface area (Å²) in [4.78, 5) is 0.124. The van der Waals surface area contributed by atoms with Gasteiger partial charge in [-0.05, 0) is 43.9 Å². The van der Waals surface area contributed by atoms with Gasteiger partial charge in [0.15, 0.2) is 0 Å². The lowest BCUT2D eigenvalue weighted by molar-refractivity contribution is 0.269. The fourth-order valence-electron chi connectivity index (χ4n) is 2.46. The quantitative estimate of drug-likeness (QED) is 0.835. The van der Waals surface area contributed by atoms with E-state index in [1.165, 1.54) is 18.2 Å². The average molecular weight is 319 g/mol.